The van der Waals surface area contributed by atoms with E-state index in [1.54, 1.807) is 24.8 Å². The first-order valence-corrected chi connectivity index (χ1v) is 7.32. The molecule has 1 amide bonds. The highest BCUT2D eigenvalue weighted by atomic mass is 19.1. The molecule has 0 radical (unpaired) electrons. The first kappa shape index (κ1) is 16.8. The van der Waals surface area contributed by atoms with E-state index in [2.05, 4.69) is 11.2 Å². The lowest BCUT2D eigenvalue weighted by Gasteiger charge is -2.12. The molecule has 6 heteroatoms. The molecule has 0 bridgehead atoms. The van der Waals surface area contributed by atoms with Gasteiger partial charge in [0.2, 0.25) is 6.41 Å². The summed E-state index contributed by atoms with van der Waals surface area (Å²) in [4.78, 5) is 8.94. The van der Waals surface area contributed by atoms with E-state index in [0.717, 1.165) is 11.3 Å². The van der Waals surface area contributed by atoms with Gasteiger partial charge in [0, 0.05) is 12.6 Å². The maximum Gasteiger partial charge on any atom is 0.221 e. The summed E-state index contributed by atoms with van der Waals surface area (Å²) in [5.74, 6) is 5.54. The number of anilines is 1. The second-order valence-corrected chi connectivity index (χ2v) is 5.08. The summed E-state index contributed by atoms with van der Waals surface area (Å²) in [6.07, 6.45) is 8.22. The molecule has 3 rings (SSSR count). The van der Waals surface area contributed by atoms with Crippen molar-refractivity contribution in [2.75, 3.05) is 12.4 Å². The van der Waals surface area contributed by atoms with Crippen molar-refractivity contribution < 1.29 is 13.6 Å². The number of hydrogen-bond donors (Lipinski definition) is 3. The minimum Gasteiger partial charge on any atom is -0.465 e. The molecule has 0 unspecified atom stereocenters. The Bertz CT molecular complexity index is 665. The van der Waals surface area contributed by atoms with Gasteiger partial charge in [0.15, 0.2) is 0 Å². The first-order chi connectivity index (χ1) is 11.2. The maximum atomic E-state index is 13.9. The summed E-state index contributed by atoms with van der Waals surface area (Å²) < 4.78 is 19.1. The van der Waals surface area contributed by atoms with Crippen LogP contribution in [-0.4, -0.2) is 13.5 Å². The number of hydrogen-bond acceptors (Lipinski definition) is 4. The summed E-state index contributed by atoms with van der Waals surface area (Å²) in [6.45, 7) is 0. The predicted molar refractivity (Wildman–Crippen MR) is 88.9 cm³/mol. The molecule has 2 aromatic rings. The van der Waals surface area contributed by atoms with E-state index in [1.165, 1.54) is 18.4 Å². The van der Waals surface area contributed by atoms with Gasteiger partial charge in [-0.15, -0.1) is 0 Å². The number of rotatable bonds is 5. The van der Waals surface area contributed by atoms with Crippen molar-refractivity contribution in [3.8, 4) is 0 Å². The highest BCUT2D eigenvalue weighted by Gasteiger charge is 2.27. The minimum absolute atomic E-state index is 0.217. The van der Waals surface area contributed by atoms with Crippen molar-refractivity contribution >= 4 is 24.2 Å². The molecule has 1 fully saturated rings. The maximum absolute atomic E-state index is 13.9. The molecule has 1 aromatic heterocycles. The second kappa shape index (κ2) is 8.14. The van der Waals surface area contributed by atoms with Crippen LogP contribution >= 0.6 is 0 Å². The molecule has 4 N–H and O–H groups in total. The summed E-state index contributed by atoms with van der Waals surface area (Å²) in [5, 5.41) is 2.96. The number of halogens is 1. The molecule has 0 spiro atoms. The van der Waals surface area contributed by atoms with Crippen LogP contribution < -0.4 is 16.6 Å². The van der Waals surface area contributed by atoms with Crippen LogP contribution in [0.3, 0.4) is 0 Å². The van der Waals surface area contributed by atoms with Crippen molar-refractivity contribution in [3.05, 3.63) is 53.2 Å². The van der Waals surface area contributed by atoms with Crippen LogP contribution in [0.1, 0.15) is 35.6 Å². The zero-order chi connectivity index (χ0) is 16.7. The Kier molecular flexibility index (Phi) is 5.94. The molecular weight excluding hydrogens is 297 g/mol. The minimum atomic E-state index is -0.217. The number of furan rings is 1. The molecule has 1 aromatic carbocycles. The monoisotopic (exact) mass is 317 g/mol. The van der Waals surface area contributed by atoms with E-state index in [9.17, 15) is 4.39 Å². The van der Waals surface area contributed by atoms with Crippen molar-refractivity contribution in [2.24, 2.45) is 5.84 Å². The van der Waals surface area contributed by atoms with Crippen LogP contribution in [0.15, 0.2) is 34.9 Å². The lowest BCUT2D eigenvalue weighted by Crippen LogP contribution is -2.18. The number of hydrazine groups is 1. The number of carbonyl (C=O) groups is 1. The van der Waals surface area contributed by atoms with E-state index in [1.807, 2.05) is 30.4 Å². The Morgan fingerprint density at radius 1 is 1.30 bits per heavy atom. The zero-order valence-electron chi connectivity index (χ0n) is 12.9. The summed E-state index contributed by atoms with van der Waals surface area (Å²) in [6, 6.07) is 7.16. The van der Waals surface area contributed by atoms with Gasteiger partial charge in [-0.3, -0.25) is 10.2 Å². The topological polar surface area (TPSA) is 80.3 Å². The summed E-state index contributed by atoms with van der Waals surface area (Å²) in [5.41, 5.74) is 4.46. The highest BCUT2D eigenvalue weighted by Crippen LogP contribution is 2.44. The van der Waals surface area contributed by atoms with Gasteiger partial charge in [0.25, 0.3) is 0 Å². The molecule has 5 nitrogen and oxygen atoms in total. The van der Waals surface area contributed by atoms with E-state index in [-0.39, 0.29) is 5.82 Å². The Labute approximate surface area is 134 Å². The van der Waals surface area contributed by atoms with Gasteiger partial charge < -0.3 is 9.73 Å². The highest BCUT2D eigenvalue weighted by molar-refractivity contribution is 5.78. The molecule has 1 saturated carbocycles. The van der Waals surface area contributed by atoms with E-state index < -0.39 is 0 Å². The summed E-state index contributed by atoms with van der Waals surface area (Å²) in [7, 11) is 1.75. The van der Waals surface area contributed by atoms with Crippen LogP contribution in [-0.2, 0) is 4.79 Å². The molecular formula is C17H20FN3O2. The fourth-order valence-corrected chi connectivity index (χ4v) is 2.34. The third kappa shape index (κ3) is 4.43. The fraction of sp³-hybridized carbons (Fsp3) is 0.235. The van der Waals surface area contributed by atoms with Crippen LogP contribution in [0.25, 0.3) is 12.2 Å². The smallest absolute Gasteiger partial charge is 0.221 e. The van der Waals surface area contributed by atoms with Crippen LogP contribution in [0.2, 0.25) is 0 Å². The van der Waals surface area contributed by atoms with Crippen LogP contribution in [0.5, 0.6) is 0 Å². The molecule has 1 aliphatic carbocycles. The predicted octanol–water partition coefficient (Wildman–Crippen LogP) is 3.11. The van der Waals surface area contributed by atoms with Gasteiger partial charge in [-0.05, 0) is 54.7 Å². The molecule has 23 heavy (non-hydrogen) atoms. The number of carbonyl (C=O) groups excluding carboxylic acids is 1. The SMILES string of the molecule is CNc1c(F)ccc(C2CC2)c1/C=C/c1ccco1.NNC=O. The fourth-order valence-electron chi connectivity index (χ4n) is 2.34. The molecule has 1 aliphatic rings. The standard InChI is InChI=1S/C16H16FNO.CH4N2O/c1-18-16-14(7-6-12-3-2-10-19-12)13(11-4-5-11)8-9-15(16)17;2-3-1-4/h2-3,6-11,18H,4-5H2,1H3;1H,2H2,(H,3,4)/b7-6+;. The average molecular weight is 317 g/mol. The number of benzene rings is 1. The van der Waals surface area contributed by atoms with E-state index in [4.69, 9.17) is 9.21 Å². The molecule has 0 aliphatic heterocycles. The first-order valence-electron chi connectivity index (χ1n) is 7.32. The van der Waals surface area contributed by atoms with Gasteiger partial charge in [-0.2, -0.15) is 0 Å². The van der Waals surface area contributed by atoms with Crippen LogP contribution in [0.4, 0.5) is 10.1 Å². The number of amides is 1. The van der Waals surface area contributed by atoms with Crippen LogP contribution in [0, 0.1) is 5.82 Å². The average Bonchev–Trinajstić information content (AvgIpc) is 3.28. The van der Waals surface area contributed by atoms with E-state index in [0.29, 0.717) is 18.0 Å². The van der Waals surface area contributed by atoms with Gasteiger partial charge in [0.1, 0.15) is 11.6 Å². The van der Waals surface area contributed by atoms with E-state index >= 15 is 0 Å². The second-order valence-electron chi connectivity index (χ2n) is 5.08. The Hall–Kier alpha value is -2.60. The van der Waals surface area contributed by atoms with Crippen molar-refractivity contribution in [3.63, 3.8) is 0 Å². The van der Waals surface area contributed by atoms with Gasteiger partial charge >= 0.3 is 0 Å². The molecule has 0 atom stereocenters. The quantitative estimate of drug-likeness (QED) is 0.342. The lowest BCUT2D eigenvalue weighted by atomic mass is 10.00. The normalized spacial score (nSPS) is 13.3. The number of nitrogens with one attached hydrogen (secondary N) is 2. The Morgan fingerprint density at radius 2 is 2.04 bits per heavy atom. The lowest BCUT2D eigenvalue weighted by molar-refractivity contribution is -0.109. The summed E-state index contributed by atoms with van der Waals surface area (Å²) >= 11 is 0. The molecule has 122 valence electrons. The van der Waals surface area contributed by atoms with Gasteiger partial charge in [-0.25, -0.2) is 10.2 Å². The third-order valence-corrected chi connectivity index (χ3v) is 3.52. The van der Waals surface area contributed by atoms with Crippen molar-refractivity contribution in [1.82, 2.24) is 5.43 Å². The van der Waals surface area contributed by atoms with Crippen molar-refractivity contribution in [2.45, 2.75) is 18.8 Å². The Balaban J connectivity index is 0.000000433. The molecule has 0 saturated heterocycles. The third-order valence-electron chi connectivity index (χ3n) is 3.52. The zero-order valence-corrected chi connectivity index (χ0v) is 12.9. The van der Waals surface area contributed by atoms with Gasteiger partial charge in [0.05, 0.1) is 12.0 Å². The number of nitrogens with two attached hydrogens (primary N) is 1. The van der Waals surface area contributed by atoms with Crippen molar-refractivity contribution in [1.29, 1.82) is 0 Å². The Morgan fingerprint density at radius 3 is 2.57 bits per heavy atom. The van der Waals surface area contributed by atoms with Gasteiger partial charge in [-0.1, -0.05) is 6.07 Å². The largest absolute Gasteiger partial charge is 0.465 e. The molecule has 1 heterocycles.